The lowest BCUT2D eigenvalue weighted by Gasteiger charge is -2.31. The van der Waals surface area contributed by atoms with E-state index in [1.807, 2.05) is 0 Å². The second kappa shape index (κ2) is 11.0. The number of hydrogen-bond donors (Lipinski definition) is 3. The fourth-order valence-corrected chi connectivity index (χ4v) is 5.95. The number of sulfonamides is 1. The zero-order chi connectivity index (χ0) is 23.6. The lowest BCUT2D eigenvalue weighted by atomic mass is 9.80. The Morgan fingerprint density at radius 3 is 2.62 bits per heavy atom. The summed E-state index contributed by atoms with van der Waals surface area (Å²) in [6, 6.07) is 8.15. The van der Waals surface area contributed by atoms with Gasteiger partial charge in [-0.25, -0.2) is 22.2 Å². The monoisotopic (exact) mass is 546 g/mol. The van der Waals surface area contributed by atoms with Crippen molar-refractivity contribution in [2.75, 3.05) is 16.6 Å². The second-order valence-electron chi connectivity index (χ2n) is 7.60. The van der Waals surface area contributed by atoms with Crippen LogP contribution in [0.3, 0.4) is 0 Å². The molecule has 0 fully saturated rings. The molecule has 4 N–H and O–H groups in total. The average Bonchev–Trinajstić information content (AvgIpc) is 3.27. The molecule has 0 saturated carbocycles. The van der Waals surface area contributed by atoms with Crippen LogP contribution in [0.25, 0.3) is 5.57 Å². The minimum atomic E-state index is -4.19. The molecular formula is C22H22Cl2F2N4O2S2. The molecule has 0 radical (unpaired) electrons. The maximum absolute atomic E-state index is 14.8. The third-order valence-corrected chi connectivity index (χ3v) is 7.92. The van der Waals surface area contributed by atoms with Crippen LogP contribution in [-0.4, -0.2) is 26.0 Å². The quantitative estimate of drug-likeness (QED) is 0.362. The van der Waals surface area contributed by atoms with Crippen LogP contribution in [0.4, 0.5) is 19.6 Å². The molecule has 0 amide bonds. The molecule has 182 valence electrons. The second-order valence-corrected chi connectivity index (χ2v) is 10.6. The Kier molecular flexibility index (Phi) is 8.53. The maximum Gasteiger partial charge on any atom is 0.266 e. The lowest BCUT2D eigenvalue weighted by molar-refractivity contribution is 0.486. The molecule has 0 spiro atoms. The van der Waals surface area contributed by atoms with Crippen molar-refractivity contribution in [2.45, 2.75) is 23.8 Å². The topological polar surface area (TPSA) is 97.1 Å². The van der Waals surface area contributed by atoms with Crippen molar-refractivity contribution < 1.29 is 17.2 Å². The van der Waals surface area contributed by atoms with E-state index in [9.17, 15) is 17.2 Å². The third-order valence-electron chi connectivity index (χ3n) is 5.44. The number of rotatable bonds is 7. The predicted octanol–water partition coefficient (Wildman–Crippen LogP) is 5.53. The van der Waals surface area contributed by atoms with Gasteiger partial charge < -0.3 is 11.1 Å². The average molecular weight is 547 g/mol. The number of allylic oxidation sites excluding steroid dienone is 1. The van der Waals surface area contributed by atoms with Crippen molar-refractivity contribution in [1.82, 2.24) is 4.98 Å². The van der Waals surface area contributed by atoms with Gasteiger partial charge in [-0.2, -0.15) is 0 Å². The van der Waals surface area contributed by atoms with Gasteiger partial charge in [-0.3, -0.25) is 4.72 Å². The summed E-state index contributed by atoms with van der Waals surface area (Å²) >= 11 is 7.37. The fourth-order valence-electron chi connectivity index (χ4n) is 3.78. The standard InChI is InChI=1S/C22H21ClF2N4O2S2.ClH/c23-17-10-21(33(30,31)29-22-27-8-9-32-22)18(25)11-20(17)28-12-16-15(2-1-3-19(16)26)13-4-6-14(24)7-5-13;/h2,4-11,16,19,28H,1,3,12,26H2,(H,27,29);1H/t16-,19-;/m1./s1. The van der Waals surface area contributed by atoms with E-state index in [2.05, 4.69) is 21.1 Å². The Labute approximate surface area is 211 Å². The van der Waals surface area contributed by atoms with Gasteiger partial charge in [0.1, 0.15) is 16.5 Å². The minimum absolute atomic E-state index is 0. The number of halogens is 4. The summed E-state index contributed by atoms with van der Waals surface area (Å²) in [6.45, 7) is 0.340. The van der Waals surface area contributed by atoms with Crippen LogP contribution < -0.4 is 15.8 Å². The van der Waals surface area contributed by atoms with Crippen molar-refractivity contribution in [3.63, 3.8) is 0 Å². The van der Waals surface area contributed by atoms with Crippen LogP contribution in [0.15, 0.2) is 58.9 Å². The van der Waals surface area contributed by atoms with E-state index in [-0.39, 0.29) is 46.0 Å². The summed E-state index contributed by atoms with van der Waals surface area (Å²) in [6.07, 6.45) is 5.09. The van der Waals surface area contributed by atoms with Crippen molar-refractivity contribution in [3.05, 3.63) is 76.3 Å². The lowest BCUT2D eigenvalue weighted by Crippen LogP contribution is -2.37. The summed E-state index contributed by atoms with van der Waals surface area (Å²) in [7, 11) is -4.19. The van der Waals surface area contributed by atoms with E-state index < -0.39 is 20.7 Å². The molecule has 0 bridgehead atoms. The summed E-state index contributed by atoms with van der Waals surface area (Å²) in [4.78, 5) is 3.27. The number of nitrogens with two attached hydrogens (primary N) is 1. The van der Waals surface area contributed by atoms with Gasteiger partial charge in [0.15, 0.2) is 5.13 Å². The van der Waals surface area contributed by atoms with Crippen LogP contribution in [0.2, 0.25) is 5.02 Å². The number of hydrogen-bond acceptors (Lipinski definition) is 6. The molecule has 2 atom stereocenters. The number of benzene rings is 2. The molecule has 1 heterocycles. The molecular weight excluding hydrogens is 525 g/mol. The SMILES string of the molecule is Cl.N[C@@H]1CCC=C(c2ccc(F)cc2)[C@H]1CNc1cc(F)c(S(=O)(=O)Nc2nccs2)cc1Cl. The van der Waals surface area contributed by atoms with E-state index in [0.29, 0.717) is 6.54 Å². The van der Waals surface area contributed by atoms with Crippen LogP contribution >= 0.6 is 35.3 Å². The van der Waals surface area contributed by atoms with Crippen LogP contribution in [0.5, 0.6) is 0 Å². The van der Waals surface area contributed by atoms with Gasteiger partial charge in [0.05, 0.1) is 10.7 Å². The van der Waals surface area contributed by atoms with E-state index in [1.165, 1.54) is 18.3 Å². The highest BCUT2D eigenvalue weighted by molar-refractivity contribution is 7.93. The Morgan fingerprint density at radius 1 is 1.21 bits per heavy atom. The predicted molar refractivity (Wildman–Crippen MR) is 135 cm³/mol. The summed E-state index contributed by atoms with van der Waals surface area (Å²) in [5.41, 5.74) is 8.45. The minimum Gasteiger partial charge on any atom is -0.383 e. The van der Waals surface area contributed by atoms with E-state index in [0.717, 1.165) is 47.4 Å². The molecule has 34 heavy (non-hydrogen) atoms. The Balaban J connectivity index is 0.00000324. The van der Waals surface area contributed by atoms with E-state index in [1.54, 1.807) is 17.5 Å². The molecule has 4 rings (SSSR count). The number of nitrogens with zero attached hydrogens (tertiary/aromatic N) is 1. The maximum atomic E-state index is 14.8. The van der Waals surface area contributed by atoms with Crippen molar-refractivity contribution in [3.8, 4) is 0 Å². The third kappa shape index (κ3) is 5.87. The number of nitrogens with one attached hydrogen (secondary N) is 2. The van der Waals surface area contributed by atoms with Crippen LogP contribution in [-0.2, 0) is 10.0 Å². The smallest absolute Gasteiger partial charge is 0.266 e. The molecule has 6 nitrogen and oxygen atoms in total. The molecule has 1 aliphatic carbocycles. The van der Waals surface area contributed by atoms with Crippen molar-refractivity contribution in [2.24, 2.45) is 11.7 Å². The highest BCUT2D eigenvalue weighted by atomic mass is 35.5. The number of anilines is 2. The zero-order valence-electron chi connectivity index (χ0n) is 17.7. The van der Waals surface area contributed by atoms with Gasteiger partial charge in [0.25, 0.3) is 10.0 Å². The summed E-state index contributed by atoms with van der Waals surface area (Å²) < 4.78 is 55.4. The highest BCUT2D eigenvalue weighted by Crippen LogP contribution is 2.34. The van der Waals surface area contributed by atoms with E-state index >= 15 is 0 Å². The molecule has 0 unspecified atom stereocenters. The number of thiazole rings is 1. The van der Waals surface area contributed by atoms with Crippen LogP contribution in [0.1, 0.15) is 18.4 Å². The molecule has 2 aromatic carbocycles. The van der Waals surface area contributed by atoms with Gasteiger partial charge in [0, 0.05) is 30.1 Å². The first-order valence-corrected chi connectivity index (χ1v) is 12.9. The summed E-state index contributed by atoms with van der Waals surface area (Å²) in [5.74, 6) is -1.40. The van der Waals surface area contributed by atoms with Gasteiger partial charge in [-0.15, -0.1) is 23.7 Å². The molecule has 1 aromatic heterocycles. The Hall–Kier alpha value is -2.24. The largest absolute Gasteiger partial charge is 0.383 e. The van der Waals surface area contributed by atoms with E-state index in [4.69, 9.17) is 17.3 Å². The molecule has 0 saturated heterocycles. The zero-order valence-corrected chi connectivity index (χ0v) is 20.9. The van der Waals surface area contributed by atoms with Gasteiger partial charge in [0.2, 0.25) is 0 Å². The molecule has 0 aliphatic heterocycles. The molecule has 3 aromatic rings. The first-order chi connectivity index (χ1) is 15.7. The fraction of sp³-hybridized carbons (Fsp3) is 0.227. The first-order valence-electron chi connectivity index (χ1n) is 10.1. The van der Waals surface area contributed by atoms with Crippen molar-refractivity contribution in [1.29, 1.82) is 0 Å². The van der Waals surface area contributed by atoms with Crippen LogP contribution in [0, 0.1) is 17.6 Å². The van der Waals surface area contributed by atoms with Gasteiger partial charge >= 0.3 is 0 Å². The molecule has 1 aliphatic rings. The Morgan fingerprint density at radius 2 is 1.94 bits per heavy atom. The normalized spacial score (nSPS) is 18.1. The highest BCUT2D eigenvalue weighted by Gasteiger charge is 2.27. The Bertz CT molecular complexity index is 1270. The molecule has 12 heteroatoms. The van der Waals surface area contributed by atoms with Gasteiger partial charge in [-0.1, -0.05) is 29.8 Å². The number of aromatic nitrogens is 1. The van der Waals surface area contributed by atoms with Crippen molar-refractivity contribution >= 4 is 61.8 Å². The summed E-state index contributed by atoms with van der Waals surface area (Å²) in [5, 5.41) is 4.87. The first kappa shape index (κ1) is 26.4. The van der Waals surface area contributed by atoms with Gasteiger partial charge in [-0.05, 0) is 48.2 Å².